The molecule has 2 aliphatic rings. The van der Waals surface area contributed by atoms with Crippen LogP contribution in [0, 0.1) is 11.8 Å². The molecule has 96 valence electrons. The van der Waals surface area contributed by atoms with Crippen LogP contribution in [0.4, 0.5) is 0 Å². The van der Waals surface area contributed by atoms with E-state index in [4.69, 9.17) is 4.74 Å². The Morgan fingerprint density at radius 2 is 2.06 bits per heavy atom. The lowest BCUT2D eigenvalue weighted by Crippen LogP contribution is -2.36. The van der Waals surface area contributed by atoms with E-state index in [0.717, 1.165) is 25.7 Å². The molecule has 1 aromatic rings. The number of benzene rings is 1. The van der Waals surface area contributed by atoms with Crippen LogP contribution < -0.4 is 0 Å². The van der Waals surface area contributed by atoms with Crippen molar-refractivity contribution in [2.45, 2.75) is 38.0 Å². The van der Waals surface area contributed by atoms with Gasteiger partial charge in [0.05, 0.1) is 13.0 Å². The highest BCUT2D eigenvalue weighted by molar-refractivity contribution is 5.73. The van der Waals surface area contributed by atoms with Gasteiger partial charge in [0.25, 0.3) is 0 Å². The fraction of sp³-hybridized carbons (Fsp3) is 0.562. The Morgan fingerprint density at radius 1 is 1.22 bits per heavy atom. The van der Waals surface area contributed by atoms with Crippen LogP contribution in [0.2, 0.25) is 0 Å². The zero-order valence-electron chi connectivity index (χ0n) is 10.9. The van der Waals surface area contributed by atoms with E-state index in [9.17, 15) is 4.79 Å². The molecule has 0 spiro atoms. The standard InChI is InChI=1S/C16H20O2/c1-18-16(17)15-8-4-7-13-12-6-3-2-5-11(12)9-10-14(13)15/h2-3,5-6,13-15H,4,7-10H2,1H3. The third kappa shape index (κ3) is 1.84. The second-order valence-corrected chi connectivity index (χ2v) is 5.57. The molecule has 2 heteroatoms. The Kier molecular flexibility index (Phi) is 3.11. The molecule has 3 unspecified atom stereocenters. The van der Waals surface area contributed by atoms with Crippen molar-refractivity contribution in [1.82, 2.24) is 0 Å². The molecule has 1 aromatic carbocycles. The number of esters is 1. The van der Waals surface area contributed by atoms with Crippen molar-refractivity contribution in [3.8, 4) is 0 Å². The first-order chi connectivity index (χ1) is 8.81. The third-order valence-corrected chi connectivity index (χ3v) is 4.77. The number of fused-ring (bicyclic) bond motifs is 3. The van der Waals surface area contributed by atoms with Crippen molar-refractivity contribution < 1.29 is 9.53 Å². The summed E-state index contributed by atoms with van der Waals surface area (Å²) in [5.74, 6) is 1.21. The van der Waals surface area contributed by atoms with Gasteiger partial charge < -0.3 is 4.74 Å². The maximum absolute atomic E-state index is 11.9. The van der Waals surface area contributed by atoms with Gasteiger partial charge in [0.15, 0.2) is 0 Å². The Bertz CT molecular complexity index is 452. The van der Waals surface area contributed by atoms with Crippen LogP contribution >= 0.6 is 0 Å². The maximum Gasteiger partial charge on any atom is 0.308 e. The van der Waals surface area contributed by atoms with E-state index >= 15 is 0 Å². The van der Waals surface area contributed by atoms with Crippen LogP contribution in [0.25, 0.3) is 0 Å². The Balaban J connectivity index is 1.92. The number of methoxy groups -OCH3 is 1. The van der Waals surface area contributed by atoms with Gasteiger partial charge in [-0.25, -0.2) is 0 Å². The Morgan fingerprint density at radius 3 is 2.89 bits per heavy atom. The minimum absolute atomic E-state index is 0.00378. The third-order valence-electron chi connectivity index (χ3n) is 4.77. The number of hydrogen-bond donors (Lipinski definition) is 0. The molecule has 1 saturated carbocycles. The van der Waals surface area contributed by atoms with Gasteiger partial charge >= 0.3 is 5.97 Å². The summed E-state index contributed by atoms with van der Waals surface area (Å²) < 4.78 is 4.99. The molecule has 0 N–H and O–H groups in total. The van der Waals surface area contributed by atoms with Crippen molar-refractivity contribution in [1.29, 1.82) is 0 Å². The quantitative estimate of drug-likeness (QED) is 0.708. The largest absolute Gasteiger partial charge is 0.469 e. The van der Waals surface area contributed by atoms with Gasteiger partial charge in [-0.15, -0.1) is 0 Å². The van der Waals surface area contributed by atoms with Crippen LogP contribution in [0.5, 0.6) is 0 Å². The fourth-order valence-corrected chi connectivity index (χ4v) is 3.94. The van der Waals surface area contributed by atoms with E-state index < -0.39 is 0 Å². The van der Waals surface area contributed by atoms with Crippen LogP contribution in [-0.2, 0) is 16.0 Å². The predicted octanol–water partition coefficient (Wildman–Crippen LogP) is 3.31. The molecule has 0 amide bonds. The highest BCUT2D eigenvalue weighted by Crippen LogP contribution is 2.47. The Hall–Kier alpha value is -1.31. The number of hydrogen-bond acceptors (Lipinski definition) is 2. The molecule has 0 radical (unpaired) electrons. The number of aryl methyl sites for hydroxylation is 1. The van der Waals surface area contributed by atoms with Crippen molar-refractivity contribution >= 4 is 5.97 Å². The van der Waals surface area contributed by atoms with E-state index in [1.54, 1.807) is 0 Å². The molecular formula is C16H20O2. The number of carbonyl (C=O) groups is 1. The first-order valence-electron chi connectivity index (χ1n) is 6.97. The normalized spacial score (nSPS) is 30.2. The molecule has 3 rings (SSSR count). The fourth-order valence-electron chi connectivity index (χ4n) is 3.94. The van der Waals surface area contributed by atoms with E-state index in [2.05, 4.69) is 24.3 Å². The average Bonchev–Trinajstić information content (AvgIpc) is 2.45. The second kappa shape index (κ2) is 4.75. The molecular weight excluding hydrogens is 224 g/mol. The first kappa shape index (κ1) is 11.8. The minimum atomic E-state index is 0.00378. The molecule has 0 aromatic heterocycles. The summed E-state index contributed by atoms with van der Waals surface area (Å²) in [5, 5.41) is 0. The van der Waals surface area contributed by atoms with Gasteiger partial charge in [0.2, 0.25) is 0 Å². The number of carbonyl (C=O) groups excluding carboxylic acids is 1. The smallest absolute Gasteiger partial charge is 0.308 e. The van der Waals surface area contributed by atoms with Gasteiger partial charge in [-0.2, -0.15) is 0 Å². The lowest BCUT2D eigenvalue weighted by atomic mass is 9.63. The summed E-state index contributed by atoms with van der Waals surface area (Å²) in [4.78, 5) is 11.9. The minimum Gasteiger partial charge on any atom is -0.469 e. The summed E-state index contributed by atoms with van der Waals surface area (Å²) in [5.41, 5.74) is 2.98. The molecule has 0 heterocycles. The zero-order chi connectivity index (χ0) is 12.5. The van der Waals surface area contributed by atoms with Gasteiger partial charge in [-0.1, -0.05) is 30.7 Å². The molecule has 1 fully saturated rings. The van der Waals surface area contributed by atoms with E-state index in [1.165, 1.54) is 24.7 Å². The van der Waals surface area contributed by atoms with Crippen LogP contribution in [-0.4, -0.2) is 13.1 Å². The molecule has 0 bridgehead atoms. The predicted molar refractivity (Wildman–Crippen MR) is 70.4 cm³/mol. The number of ether oxygens (including phenoxy) is 1. The molecule has 0 aliphatic heterocycles. The molecule has 3 atom stereocenters. The summed E-state index contributed by atoms with van der Waals surface area (Å²) in [7, 11) is 1.52. The zero-order valence-corrected chi connectivity index (χ0v) is 10.9. The average molecular weight is 244 g/mol. The molecule has 2 nitrogen and oxygen atoms in total. The first-order valence-corrected chi connectivity index (χ1v) is 6.97. The van der Waals surface area contributed by atoms with Crippen molar-refractivity contribution in [2.24, 2.45) is 11.8 Å². The van der Waals surface area contributed by atoms with Crippen molar-refractivity contribution in [3.63, 3.8) is 0 Å². The number of rotatable bonds is 1. The molecule has 2 aliphatic carbocycles. The maximum atomic E-state index is 11.9. The summed E-state index contributed by atoms with van der Waals surface area (Å²) in [6.07, 6.45) is 5.65. The van der Waals surface area contributed by atoms with Crippen LogP contribution in [0.1, 0.15) is 42.7 Å². The van der Waals surface area contributed by atoms with Crippen molar-refractivity contribution in [3.05, 3.63) is 35.4 Å². The topological polar surface area (TPSA) is 26.3 Å². The molecule has 0 saturated heterocycles. The van der Waals surface area contributed by atoms with Gasteiger partial charge in [0.1, 0.15) is 0 Å². The molecule has 18 heavy (non-hydrogen) atoms. The van der Waals surface area contributed by atoms with E-state index in [0.29, 0.717) is 11.8 Å². The van der Waals surface area contributed by atoms with Gasteiger partial charge in [-0.3, -0.25) is 4.79 Å². The monoisotopic (exact) mass is 244 g/mol. The highest BCUT2D eigenvalue weighted by Gasteiger charge is 2.40. The summed E-state index contributed by atoms with van der Waals surface area (Å²) in [6, 6.07) is 8.75. The lowest BCUT2D eigenvalue weighted by molar-refractivity contribution is -0.149. The van der Waals surface area contributed by atoms with Gasteiger partial charge in [0, 0.05) is 0 Å². The van der Waals surface area contributed by atoms with E-state index in [-0.39, 0.29) is 11.9 Å². The summed E-state index contributed by atoms with van der Waals surface area (Å²) >= 11 is 0. The van der Waals surface area contributed by atoms with Gasteiger partial charge in [-0.05, 0) is 48.6 Å². The van der Waals surface area contributed by atoms with Crippen LogP contribution in [0.3, 0.4) is 0 Å². The van der Waals surface area contributed by atoms with E-state index in [1.807, 2.05) is 0 Å². The Labute approximate surface area is 108 Å². The SMILES string of the molecule is COC(=O)C1CCCC2c3ccccc3CCC12. The lowest BCUT2D eigenvalue weighted by Gasteiger charge is -2.41. The second-order valence-electron chi connectivity index (χ2n) is 5.57. The van der Waals surface area contributed by atoms with Crippen LogP contribution in [0.15, 0.2) is 24.3 Å². The highest BCUT2D eigenvalue weighted by atomic mass is 16.5. The summed E-state index contributed by atoms with van der Waals surface area (Å²) in [6.45, 7) is 0. The van der Waals surface area contributed by atoms with Crippen molar-refractivity contribution in [2.75, 3.05) is 7.11 Å².